The molecule has 2 aromatic rings. The maximum Gasteiger partial charge on any atom is 0.325 e. The Kier molecular flexibility index (Phi) is 5.51. The number of nitrogens with one attached hydrogen (secondary N) is 2. The number of carbonyl (C=O) groups is 3. The minimum Gasteiger partial charge on any atom is -0.350 e. The first kappa shape index (κ1) is 20.0. The topological polar surface area (TPSA) is 78.5 Å². The van der Waals surface area contributed by atoms with E-state index in [2.05, 4.69) is 26.6 Å². The molecule has 1 atom stereocenters. The van der Waals surface area contributed by atoms with Gasteiger partial charge >= 0.3 is 6.03 Å². The van der Waals surface area contributed by atoms with E-state index in [4.69, 9.17) is 0 Å². The van der Waals surface area contributed by atoms with Crippen molar-refractivity contribution in [1.82, 2.24) is 15.5 Å². The molecule has 1 unspecified atom stereocenters. The predicted molar refractivity (Wildman–Crippen MR) is 105 cm³/mol. The number of urea groups is 1. The van der Waals surface area contributed by atoms with Crippen LogP contribution in [0.25, 0.3) is 0 Å². The summed E-state index contributed by atoms with van der Waals surface area (Å²) in [6.45, 7) is 3.03. The minimum absolute atomic E-state index is 0.0526. The average Bonchev–Trinajstić information content (AvgIpc) is 2.87. The van der Waals surface area contributed by atoms with Gasteiger partial charge in [-0.25, -0.2) is 9.18 Å². The third-order valence-electron chi connectivity index (χ3n) is 4.69. The summed E-state index contributed by atoms with van der Waals surface area (Å²) in [6.07, 6.45) is 0. The Morgan fingerprint density at radius 2 is 1.89 bits per heavy atom. The number of imide groups is 1. The van der Waals surface area contributed by atoms with Crippen molar-refractivity contribution in [2.45, 2.75) is 25.9 Å². The van der Waals surface area contributed by atoms with Crippen LogP contribution >= 0.6 is 15.9 Å². The second-order valence-electron chi connectivity index (χ2n) is 6.82. The van der Waals surface area contributed by atoms with Gasteiger partial charge in [-0.2, -0.15) is 0 Å². The normalized spacial score (nSPS) is 18.9. The number of carbonyl (C=O) groups excluding carboxylic acids is 3. The Balaban J connectivity index is 1.67. The fourth-order valence-electron chi connectivity index (χ4n) is 3.00. The van der Waals surface area contributed by atoms with Gasteiger partial charge in [0, 0.05) is 16.6 Å². The summed E-state index contributed by atoms with van der Waals surface area (Å²) < 4.78 is 14.4. The van der Waals surface area contributed by atoms with Gasteiger partial charge in [0.15, 0.2) is 0 Å². The third-order valence-corrected chi connectivity index (χ3v) is 5.18. The molecule has 1 saturated heterocycles. The Labute approximate surface area is 170 Å². The molecule has 2 aromatic carbocycles. The molecule has 1 aliphatic rings. The van der Waals surface area contributed by atoms with Crippen LogP contribution in [0.15, 0.2) is 46.9 Å². The molecule has 1 aliphatic heterocycles. The van der Waals surface area contributed by atoms with E-state index in [1.807, 2.05) is 19.1 Å². The van der Waals surface area contributed by atoms with Gasteiger partial charge in [-0.1, -0.05) is 45.8 Å². The Hall–Kier alpha value is -2.74. The zero-order chi connectivity index (χ0) is 20.5. The zero-order valence-electron chi connectivity index (χ0n) is 15.4. The molecule has 0 bridgehead atoms. The van der Waals surface area contributed by atoms with Crippen LogP contribution in [0.3, 0.4) is 0 Å². The molecule has 4 amide bonds. The lowest BCUT2D eigenvalue weighted by Crippen LogP contribution is -2.43. The molecule has 0 aromatic heterocycles. The predicted octanol–water partition coefficient (Wildman–Crippen LogP) is 2.98. The number of amides is 4. The standard InChI is InChI=1S/C20H19BrFN3O3/c1-12-3-5-14(6-4-12)20(2)18(27)25(19(28)24-20)11-17(26)23-10-13-9-15(21)7-8-16(13)22/h3-9H,10-11H2,1-2H3,(H,23,26)(H,24,28). The third kappa shape index (κ3) is 3.91. The Morgan fingerprint density at radius 3 is 2.57 bits per heavy atom. The van der Waals surface area contributed by atoms with Crippen LogP contribution in [-0.2, 0) is 21.7 Å². The molecule has 146 valence electrons. The molecule has 0 spiro atoms. The first-order valence-electron chi connectivity index (χ1n) is 8.62. The van der Waals surface area contributed by atoms with E-state index in [1.165, 1.54) is 6.07 Å². The highest BCUT2D eigenvalue weighted by atomic mass is 79.9. The second-order valence-corrected chi connectivity index (χ2v) is 7.74. The minimum atomic E-state index is -1.23. The monoisotopic (exact) mass is 447 g/mol. The fraction of sp³-hybridized carbons (Fsp3) is 0.250. The molecule has 6 nitrogen and oxygen atoms in total. The van der Waals surface area contributed by atoms with Crippen LogP contribution in [0.4, 0.5) is 9.18 Å². The van der Waals surface area contributed by atoms with Gasteiger partial charge in [0.25, 0.3) is 5.91 Å². The Morgan fingerprint density at radius 1 is 1.21 bits per heavy atom. The van der Waals surface area contributed by atoms with Crippen molar-refractivity contribution >= 4 is 33.8 Å². The van der Waals surface area contributed by atoms with Crippen molar-refractivity contribution < 1.29 is 18.8 Å². The average molecular weight is 448 g/mol. The van der Waals surface area contributed by atoms with Gasteiger partial charge < -0.3 is 10.6 Å². The van der Waals surface area contributed by atoms with E-state index in [0.29, 0.717) is 15.6 Å². The molecule has 28 heavy (non-hydrogen) atoms. The molecule has 1 fully saturated rings. The first-order valence-corrected chi connectivity index (χ1v) is 9.42. The van der Waals surface area contributed by atoms with Crippen molar-refractivity contribution in [3.8, 4) is 0 Å². The number of nitrogens with zero attached hydrogens (tertiary/aromatic N) is 1. The summed E-state index contributed by atoms with van der Waals surface area (Å²) in [7, 11) is 0. The second kappa shape index (κ2) is 7.71. The SMILES string of the molecule is Cc1ccc(C2(C)NC(=O)N(CC(=O)NCc3cc(Br)ccc3F)C2=O)cc1. The molecule has 0 radical (unpaired) electrons. The van der Waals surface area contributed by atoms with Gasteiger partial charge in [0.05, 0.1) is 0 Å². The van der Waals surface area contributed by atoms with Gasteiger partial charge in [-0.05, 0) is 37.6 Å². The molecule has 3 rings (SSSR count). The summed E-state index contributed by atoms with van der Waals surface area (Å²) in [5.74, 6) is -1.52. The summed E-state index contributed by atoms with van der Waals surface area (Å²) in [5.41, 5.74) is 0.724. The van der Waals surface area contributed by atoms with Crippen LogP contribution in [0.5, 0.6) is 0 Å². The van der Waals surface area contributed by atoms with Crippen LogP contribution in [0.2, 0.25) is 0 Å². The molecule has 2 N–H and O–H groups in total. The maximum absolute atomic E-state index is 13.8. The molecule has 0 aliphatic carbocycles. The highest BCUT2D eigenvalue weighted by molar-refractivity contribution is 9.10. The smallest absolute Gasteiger partial charge is 0.325 e. The maximum atomic E-state index is 13.8. The van der Waals surface area contributed by atoms with Crippen molar-refractivity contribution in [2.24, 2.45) is 0 Å². The molecule has 1 heterocycles. The summed E-state index contributed by atoms with van der Waals surface area (Å²) in [4.78, 5) is 38.2. The summed E-state index contributed by atoms with van der Waals surface area (Å²) >= 11 is 3.24. The van der Waals surface area contributed by atoms with Crippen molar-refractivity contribution in [1.29, 1.82) is 0 Å². The summed E-state index contributed by atoms with van der Waals surface area (Å²) in [5, 5.41) is 5.19. The van der Waals surface area contributed by atoms with Crippen LogP contribution < -0.4 is 10.6 Å². The highest BCUT2D eigenvalue weighted by Gasteiger charge is 2.49. The van der Waals surface area contributed by atoms with E-state index in [1.54, 1.807) is 31.2 Å². The van der Waals surface area contributed by atoms with Gasteiger partial charge in [-0.15, -0.1) is 0 Å². The van der Waals surface area contributed by atoms with Crippen LogP contribution in [0, 0.1) is 12.7 Å². The quantitative estimate of drug-likeness (QED) is 0.691. The lowest BCUT2D eigenvalue weighted by Gasteiger charge is -2.22. The first-order chi connectivity index (χ1) is 13.2. The van der Waals surface area contributed by atoms with E-state index < -0.39 is 35.7 Å². The lowest BCUT2D eigenvalue weighted by molar-refractivity contribution is -0.134. The van der Waals surface area contributed by atoms with Gasteiger partial charge in [-0.3, -0.25) is 14.5 Å². The fourth-order valence-corrected chi connectivity index (χ4v) is 3.40. The van der Waals surface area contributed by atoms with Crippen LogP contribution in [0.1, 0.15) is 23.6 Å². The van der Waals surface area contributed by atoms with E-state index >= 15 is 0 Å². The zero-order valence-corrected chi connectivity index (χ0v) is 17.0. The number of benzene rings is 2. The van der Waals surface area contributed by atoms with Gasteiger partial charge in [0.2, 0.25) is 5.91 Å². The van der Waals surface area contributed by atoms with E-state index in [0.717, 1.165) is 10.5 Å². The number of hydrogen-bond acceptors (Lipinski definition) is 3. The van der Waals surface area contributed by atoms with Crippen molar-refractivity contribution in [3.05, 3.63) is 69.4 Å². The number of hydrogen-bond donors (Lipinski definition) is 2. The van der Waals surface area contributed by atoms with E-state index in [-0.39, 0.29) is 6.54 Å². The summed E-state index contributed by atoms with van der Waals surface area (Å²) in [6, 6.07) is 11.0. The van der Waals surface area contributed by atoms with Crippen molar-refractivity contribution in [2.75, 3.05) is 6.54 Å². The molecule has 8 heteroatoms. The van der Waals surface area contributed by atoms with E-state index in [9.17, 15) is 18.8 Å². The van der Waals surface area contributed by atoms with Crippen LogP contribution in [-0.4, -0.2) is 29.3 Å². The molecular formula is C20H19BrFN3O3. The molecule has 0 saturated carbocycles. The number of aryl methyl sites for hydroxylation is 1. The lowest BCUT2D eigenvalue weighted by atomic mass is 9.91. The largest absolute Gasteiger partial charge is 0.350 e. The highest BCUT2D eigenvalue weighted by Crippen LogP contribution is 2.28. The van der Waals surface area contributed by atoms with Gasteiger partial charge in [0.1, 0.15) is 17.9 Å². The molecular weight excluding hydrogens is 429 g/mol. The number of rotatable bonds is 5. The number of halogens is 2. The van der Waals surface area contributed by atoms with Crippen molar-refractivity contribution in [3.63, 3.8) is 0 Å². The Bertz CT molecular complexity index is 948.